The lowest BCUT2D eigenvalue weighted by atomic mass is 9.80. The van der Waals surface area contributed by atoms with Gasteiger partial charge in [0.05, 0.1) is 29.9 Å². The van der Waals surface area contributed by atoms with Crippen LogP contribution in [0.2, 0.25) is 22.2 Å². The highest BCUT2D eigenvalue weighted by Gasteiger charge is 2.73. The first-order chi connectivity index (χ1) is 23.2. The Labute approximate surface area is 292 Å². The minimum atomic E-state index is -3.24. The van der Waals surface area contributed by atoms with Crippen molar-refractivity contribution in [2.24, 2.45) is 0 Å². The highest BCUT2D eigenvalue weighted by molar-refractivity contribution is 6.84. The van der Waals surface area contributed by atoms with E-state index in [9.17, 15) is 15.2 Å². The molecule has 266 valence electrons. The standard InChI is InChI=1S/C36H51N3O8Si2/c1-24(2)48(25(3)4)45-32-20-31-30(22-37)21-35(38-42-23-28-16-12-10-13-17-28,33(32)46-49(47-48,26(5)6)27(7)8)36(41,43-31)39(9)44-34(40)29-18-14-11-15-19-29/h10-19,24-27,32-33,38,41H,20-21,23H2,1-9H3/t32-,33+,35?,36+/m0/s1. The summed E-state index contributed by atoms with van der Waals surface area (Å²) in [5, 5.41) is 24.5. The van der Waals surface area contributed by atoms with E-state index in [1.807, 2.05) is 30.3 Å². The Morgan fingerprint density at radius 2 is 1.51 bits per heavy atom. The Morgan fingerprint density at radius 1 is 0.959 bits per heavy atom. The molecule has 2 N–H and O–H groups in total. The summed E-state index contributed by atoms with van der Waals surface area (Å²) in [4.78, 5) is 25.5. The number of ether oxygens (including phenoxy) is 1. The van der Waals surface area contributed by atoms with E-state index in [1.165, 1.54) is 7.05 Å². The first-order valence-corrected chi connectivity index (χ1v) is 21.1. The highest BCUT2D eigenvalue weighted by atomic mass is 28.5. The predicted molar refractivity (Wildman–Crippen MR) is 187 cm³/mol. The Hall–Kier alpha value is -2.91. The maximum atomic E-state index is 13.4. The lowest BCUT2D eigenvalue weighted by Gasteiger charge is -2.54. The first kappa shape index (κ1) is 37.4. The molecule has 11 nitrogen and oxygen atoms in total. The zero-order valence-electron chi connectivity index (χ0n) is 30.1. The smallest absolute Gasteiger partial charge is 0.357 e. The summed E-state index contributed by atoms with van der Waals surface area (Å²) in [7, 11) is -4.89. The van der Waals surface area contributed by atoms with Gasteiger partial charge in [0.2, 0.25) is 0 Å². The molecule has 2 bridgehead atoms. The molecule has 1 aliphatic carbocycles. The van der Waals surface area contributed by atoms with Crippen molar-refractivity contribution < 1.29 is 37.3 Å². The molecule has 13 heteroatoms. The average molecular weight is 710 g/mol. The number of hydroxylamine groups is 3. The molecule has 3 aliphatic heterocycles. The van der Waals surface area contributed by atoms with Gasteiger partial charge in [-0.25, -0.2) is 4.79 Å². The van der Waals surface area contributed by atoms with Gasteiger partial charge in [-0.05, 0) is 39.9 Å². The maximum Gasteiger partial charge on any atom is 0.357 e. The van der Waals surface area contributed by atoms with E-state index in [-0.39, 0.29) is 52.9 Å². The Bertz CT molecular complexity index is 1530. The number of nitrogens with zero attached hydrogens (tertiary/aromatic N) is 2. The molecule has 0 saturated carbocycles. The van der Waals surface area contributed by atoms with Crippen molar-refractivity contribution in [3.8, 4) is 6.07 Å². The zero-order chi connectivity index (χ0) is 35.8. The molecule has 6 rings (SSSR count). The van der Waals surface area contributed by atoms with Crippen LogP contribution < -0.4 is 5.48 Å². The fourth-order valence-electron chi connectivity index (χ4n) is 7.48. The fourth-order valence-corrected chi connectivity index (χ4v) is 18.8. The van der Waals surface area contributed by atoms with Gasteiger partial charge in [0.1, 0.15) is 11.9 Å². The molecule has 4 atom stereocenters. The molecule has 0 aromatic heterocycles. The number of rotatable bonds is 11. The molecule has 4 aliphatic rings. The minimum absolute atomic E-state index is 0.0170. The van der Waals surface area contributed by atoms with Gasteiger partial charge in [0, 0.05) is 19.9 Å². The van der Waals surface area contributed by atoms with Gasteiger partial charge in [-0.1, -0.05) is 109 Å². The Kier molecular flexibility index (Phi) is 11.0. The number of nitriles is 1. The van der Waals surface area contributed by atoms with Crippen molar-refractivity contribution in [1.29, 1.82) is 5.26 Å². The van der Waals surface area contributed by atoms with Gasteiger partial charge < -0.3 is 27.6 Å². The Morgan fingerprint density at radius 3 is 2.06 bits per heavy atom. The van der Waals surface area contributed by atoms with Crippen LogP contribution in [-0.4, -0.2) is 64.0 Å². The molecule has 0 spiro atoms. The van der Waals surface area contributed by atoms with Crippen LogP contribution in [0.1, 0.15) is 84.2 Å². The molecule has 3 heterocycles. The third-order valence-electron chi connectivity index (χ3n) is 10.2. The van der Waals surface area contributed by atoms with E-state index < -0.39 is 46.7 Å². The van der Waals surface area contributed by atoms with Crippen molar-refractivity contribution >= 4 is 23.1 Å². The van der Waals surface area contributed by atoms with Crippen LogP contribution in [0, 0.1) is 11.3 Å². The van der Waals surface area contributed by atoms with Crippen LogP contribution in [0.25, 0.3) is 0 Å². The molecule has 1 unspecified atom stereocenters. The third-order valence-corrected chi connectivity index (χ3v) is 20.4. The third kappa shape index (κ3) is 6.55. The monoisotopic (exact) mass is 709 g/mol. The topological polar surface area (TPSA) is 132 Å². The summed E-state index contributed by atoms with van der Waals surface area (Å²) in [6.07, 6.45) is -1.61. The number of likely N-dealkylation sites (N-methyl/N-ethyl adjacent to an activating group) is 1. The van der Waals surface area contributed by atoms with Crippen molar-refractivity contribution in [2.45, 2.75) is 121 Å². The normalized spacial score (nSPS) is 27.6. The number of nitrogens with one attached hydrogen (secondary N) is 1. The van der Waals surface area contributed by atoms with Crippen molar-refractivity contribution in [1.82, 2.24) is 10.5 Å². The van der Waals surface area contributed by atoms with Crippen LogP contribution in [0.3, 0.4) is 0 Å². The van der Waals surface area contributed by atoms with Crippen LogP contribution >= 0.6 is 0 Å². The highest BCUT2D eigenvalue weighted by Crippen LogP contribution is 2.56. The van der Waals surface area contributed by atoms with Gasteiger partial charge in [-0.15, -0.1) is 0 Å². The summed E-state index contributed by atoms with van der Waals surface area (Å²) in [6.45, 7) is 17.1. The second kappa shape index (κ2) is 14.4. The van der Waals surface area contributed by atoms with Gasteiger partial charge in [-0.2, -0.15) is 10.7 Å². The lowest BCUT2D eigenvalue weighted by Crippen LogP contribution is -2.78. The van der Waals surface area contributed by atoms with Crippen LogP contribution in [-0.2, 0) is 34.0 Å². The van der Waals surface area contributed by atoms with Crippen molar-refractivity contribution in [2.75, 3.05) is 7.05 Å². The number of carbonyl (C=O) groups is 1. The predicted octanol–water partition coefficient (Wildman–Crippen LogP) is 6.72. The van der Waals surface area contributed by atoms with E-state index in [2.05, 4.69) is 66.9 Å². The molecule has 2 saturated heterocycles. The lowest BCUT2D eigenvalue weighted by molar-refractivity contribution is -0.406. The van der Waals surface area contributed by atoms with Crippen molar-refractivity contribution in [3.63, 3.8) is 0 Å². The summed E-state index contributed by atoms with van der Waals surface area (Å²) in [5.41, 5.74) is 2.96. The largest absolute Gasteiger partial charge is 0.448 e. The quantitative estimate of drug-likeness (QED) is 0.146. The summed E-state index contributed by atoms with van der Waals surface area (Å²) in [6, 6.07) is 20.4. The van der Waals surface area contributed by atoms with E-state index >= 15 is 0 Å². The van der Waals surface area contributed by atoms with Crippen LogP contribution in [0.5, 0.6) is 0 Å². The molecule has 0 amide bonds. The second-order valence-electron chi connectivity index (χ2n) is 14.6. The molecule has 0 radical (unpaired) electrons. The van der Waals surface area contributed by atoms with Crippen LogP contribution in [0.15, 0.2) is 72.0 Å². The SMILES string of the molecule is CC(C)[Si]1(C(C)C)O[C@H]2CC3=C(C#N)CC(NOCc4ccccc4)([C@@H]2O[Si](C(C)C)(C(C)C)O1)[C@](O)(N(C)OC(=O)c1ccccc1)O3. The van der Waals surface area contributed by atoms with E-state index in [1.54, 1.807) is 30.3 Å². The van der Waals surface area contributed by atoms with Gasteiger partial charge in [-0.3, -0.25) is 4.84 Å². The summed E-state index contributed by atoms with van der Waals surface area (Å²) < 4.78 is 28.7. The number of aliphatic hydroxyl groups is 1. The summed E-state index contributed by atoms with van der Waals surface area (Å²) in [5.74, 6) is -2.89. The maximum absolute atomic E-state index is 13.4. The van der Waals surface area contributed by atoms with E-state index in [4.69, 9.17) is 27.4 Å². The number of benzene rings is 2. The Balaban J connectivity index is 1.71. The molecular formula is C36H51N3O8Si2. The zero-order valence-corrected chi connectivity index (χ0v) is 32.1. The number of fused-ring (bicyclic) bond motifs is 2. The molecule has 2 aromatic carbocycles. The molecule has 49 heavy (non-hydrogen) atoms. The minimum Gasteiger partial charge on any atom is -0.448 e. The van der Waals surface area contributed by atoms with E-state index in [0.29, 0.717) is 5.57 Å². The van der Waals surface area contributed by atoms with Crippen LogP contribution in [0.4, 0.5) is 0 Å². The van der Waals surface area contributed by atoms with Crippen molar-refractivity contribution in [3.05, 3.63) is 83.1 Å². The number of hydrogen-bond acceptors (Lipinski definition) is 11. The summed E-state index contributed by atoms with van der Waals surface area (Å²) >= 11 is 0. The molecular weight excluding hydrogens is 659 g/mol. The number of carbonyl (C=O) groups excluding carboxylic acids is 1. The average Bonchev–Trinajstić information content (AvgIpc) is 3.35. The second-order valence-corrected chi connectivity index (χ2v) is 23.3. The fraction of sp³-hybridized carbons (Fsp3) is 0.556. The first-order valence-electron chi connectivity index (χ1n) is 17.2. The van der Waals surface area contributed by atoms with E-state index in [0.717, 1.165) is 10.6 Å². The van der Waals surface area contributed by atoms with Gasteiger partial charge >= 0.3 is 29.0 Å². The molecule has 2 fully saturated rings. The van der Waals surface area contributed by atoms with Gasteiger partial charge in [0.15, 0.2) is 5.54 Å². The number of hydrogen-bond donors (Lipinski definition) is 2. The molecule has 2 aromatic rings. The van der Waals surface area contributed by atoms with Gasteiger partial charge in [0.25, 0.3) is 0 Å².